The molecule has 0 saturated carbocycles. The van der Waals surface area contributed by atoms with Crippen LogP contribution in [-0.4, -0.2) is 35.6 Å². The molecular formula is C40H42N2O4. The Kier molecular flexibility index (Phi) is 9.91. The molecule has 0 spiro atoms. The number of fused-ring (bicyclic) bond motifs is 1. The molecule has 4 atom stereocenters. The van der Waals surface area contributed by atoms with Gasteiger partial charge in [0.15, 0.2) is 6.29 Å². The Hall–Kier alpha value is -4.33. The SMILES string of the molecule is CC(=O)NCc1cccc(-c2cccc([C@@H]3O[C@H](CN(C)[C@H](C)c4ccc5ccccc5c4)C[C@H](c4ccc(CO)cc4)O3)c2)c1. The van der Waals surface area contributed by atoms with Gasteiger partial charge in [-0.3, -0.25) is 9.69 Å². The second kappa shape index (κ2) is 14.4. The van der Waals surface area contributed by atoms with Crippen molar-refractivity contribution in [2.45, 2.75) is 58.0 Å². The molecule has 46 heavy (non-hydrogen) atoms. The van der Waals surface area contributed by atoms with E-state index in [1.165, 1.54) is 23.3 Å². The van der Waals surface area contributed by atoms with Crippen LogP contribution in [0.5, 0.6) is 0 Å². The second-order valence-corrected chi connectivity index (χ2v) is 12.3. The summed E-state index contributed by atoms with van der Waals surface area (Å²) in [6, 6.07) is 39.9. The smallest absolute Gasteiger partial charge is 0.217 e. The van der Waals surface area contributed by atoms with Crippen molar-refractivity contribution in [1.29, 1.82) is 0 Å². The minimum Gasteiger partial charge on any atom is -0.392 e. The molecule has 5 aromatic rings. The van der Waals surface area contributed by atoms with E-state index in [0.29, 0.717) is 13.0 Å². The zero-order chi connectivity index (χ0) is 32.0. The average Bonchev–Trinajstić information content (AvgIpc) is 3.10. The molecule has 1 saturated heterocycles. The number of aliphatic hydroxyl groups is 1. The van der Waals surface area contributed by atoms with E-state index in [1.807, 2.05) is 42.5 Å². The number of hydrogen-bond acceptors (Lipinski definition) is 5. The number of nitrogens with zero attached hydrogens (tertiary/aromatic N) is 1. The Morgan fingerprint density at radius 1 is 0.826 bits per heavy atom. The molecule has 0 bridgehead atoms. The van der Waals surface area contributed by atoms with E-state index in [0.717, 1.165) is 39.9 Å². The summed E-state index contributed by atoms with van der Waals surface area (Å²) in [6.45, 7) is 5.01. The summed E-state index contributed by atoms with van der Waals surface area (Å²) in [5, 5.41) is 15.0. The number of amides is 1. The third-order valence-electron chi connectivity index (χ3n) is 8.98. The van der Waals surface area contributed by atoms with Crippen LogP contribution in [-0.2, 0) is 27.4 Å². The summed E-state index contributed by atoms with van der Waals surface area (Å²) in [6.07, 6.45) is -0.0632. The Morgan fingerprint density at radius 2 is 1.57 bits per heavy atom. The standard InChI is InChI=1S/C40H42N2O4/c1-27(33-19-18-31-9-4-5-10-35(31)21-33)42(3)25-38-23-39(32-16-14-29(26-43)15-17-32)46-40(45-38)37-13-7-12-36(22-37)34-11-6-8-30(20-34)24-41-28(2)44/h4-22,27,38-40,43H,23-26H2,1-3H3,(H,41,44)/t27-,38+,39-,40-/m1/s1. The molecule has 236 valence electrons. The molecule has 1 aliphatic heterocycles. The van der Waals surface area contributed by atoms with E-state index in [4.69, 9.17) is 9.47 Å². The van der Waals surface area contributed by atoms with Gasteiger partial charge in [-0.05, 0) is 76.3 Å². The summed E-state index contributed by atoms with van der Waals surface area (Å²) < 4.78 is 13.4. The molecule has 6 rings (SSSR count). The number of carbonyl (C=O) groups is 1. The lowest BCUT2D eigenvalue weighted by atomic mass is 9.97. The maximum Gasteiger partial charge on any atom is 0.217 e. The minimum atomic E-state index is -0.548. The normalized spacial score (nSPS) is 18.8. The van der Waals surface area contributed by atoms with Gasteiger partial charge in [0.2, 0.25) is 5.91 Å². The van der Waals surface area contributed by atoms with Crippen LogP contribution in [0.1, 0.15) is 66.5 Å². The summed E-state index contributed by atoms with van der Waals surface area (Å²) in [4.78, 5) is 13.8. The zero-order valence-electron chi connectivity index (χ0n) is 26.7. The predicted molar refractivity (Wildman–Crippen MR) is 183 cm³/mol. The van der Waals surface area contributed by atoms with Gasteiger partial charge in [-0.25, -0.2) is 0 Å². The van der Waals surface area contributed by atoms with Crippen LogP contribution in [0.15, 0.2) is 115 Å². The summed E-state index contributed by atoms with van der Waals surface area (Å²) in [5.41, 5.74) is 7.34. The van der Waals surface area contributed by atoms with E-state index in [-0.39, 0.29) is 30.8 Å². The monoisotopic (exact) mass is 614 g/mol. The summed E-state index contributed by atoms with van der Waals surface area (Å²) in [5.74, 6) is -0.0496. The van der Waals surface area contributed by atoms with Crippen LogP contribution < -0.4 is 5.32 Å². The van der Waals surface area contributed by atoms with Crippen LogP contribution in [0, 0.1) is 0 Å². The topological polar surface area (TPSA) is 71.0 Å². The molecular weight excluding hydrogens is 572 g/mol. The predicted octanol–water partition coefficient (Wildman–Crippen LogP) is 7.87. The maximum absolute atomic E-state index is 11.4. The highest BCUT2D eigenvalue weighted by atomic mass is 16.7. The van der Waals surface area contributed by atoms with Crippen molar-refractivity contribution in [2.24, 2.45) is 0 Å². The lowest BCUT2D eigenvalue weighted by Gasteiger charge is -2.39. The first-order valence-corrected chi connectivity index (χ1v) is 16.0. The molecule has 5 aromatic carbocycles. The minimum absolute atomic E-state index is 0.0103. The number of nitrogens with one attached hydrogen (secondary N) is 1. The fraction of sp³-hybridized carbons (Fsp3) is 0.275. The Labute approximate surface area is 271 Å². The van der Waals surface area contributed by atoms with Gasteiger partial charge in [-0.1, -0.05) is 97.1 Å². The van der Waals surface area contributed by atoms with E-state index in [2.05, 4.69) is 97.0 Å². The van der Waals surface area contributed by atoms with E-state index in [1.54, 1.807) is 0 Å². The van der Waals surface area contributed by atoms with Gasteiger partial charge in [-0.2, -0.15) is 0 Å². The second-order valence-electron chi connectivity index (χ2n) is 12.3. The van der Waals surface area contributed by atoms with Gasteiger partial charge in [0.1, 0.15) is 0 Å². The molecule has 6 heteroatoms. The highest BCUT2D eigenvalue weighted by Crippen LogP contribution is 2.39. The fourth-order valence-electron chi connectivity index (χ4n) is 6.19. The van der Waals surface area contributed by atoms with Crippen LogP contribution >= 0.6 is 0 Å². The molecule has 6 nitrogen and oxygen atoms in total. The third-order valence-corrected chi connectivity index (χ3v) is 8.98. The van der Waals surface area contributed by atoms with Crippen LogP contribution in [0.25, 0.3) is 21.9 Å². The zero-order valence-corrected chi connectivity index (χ0v) is 26.7. The Bertz CT molecular complexity index is 1790. The summed E-state index contributed by atoms with van der Waals surface area (Å²) in [7, 11) is 2.16. The van der Waals surface area contributed by atoms with Gasteiger partial charge >= 0.3 is 0 Å². The number of benzene rings is 5. The molecule has 1 fully saturated rings. The van der Waals surface area contributed by atoms with Gasteiger partial charge in [-0.15, -0.1) is 0 Å². The van der Waals surface area contributed by atoms with Crippen LogP contribution in [0.4, 0.5) is 0 Å². The highest BCUT2D eigenvalue weighted by Gasteiger charge is 2.33. The number of aliphatic hydroxyl groups excluding tert-OH is 1. The molecule has 1 heterocycles. The number of likely N-dealkylation sites (N-methyl/N-ethyl adjacent to an activating group) is 1. The van der Waals surface area contributed by atoms with Gasteiger partial charge < -0.3 is 19.9 Å². The maximum atomic E-state index is 11.4. The van der Waals surface area contributed by atoms with Crippen molar-refractivity contribution in [3.8, 4) is 11.1 Å². The number of rotatable bonds is 10. The van der Waals surface area contributed by atoms with Gasteiger partial charge in [0.05, 0.1) is 18.8 Å². The lowest BCUT2D eigenvalue weighted by Crippen LogP contribution is -2.38. The molecule has 1 aliphatic rings. The number of carbonyl (C=O) groups excluding carboxylic acids is 1. The van der Waals surface area contributed by atoms with Crippen molar-refractivity contribution in [2.75, 3.05) is 13.6 Å². The van der Waals surface area contributed by atoms with Crippen molar-refractivity contribution in [1.82, 2.24) is 10.2 Å². The molecule has 0 unspecified atom stereocenters. The van der Waals surface area contributed by atoms with Crippen molar-refractivity contribution in [3.63, 3.8) is 0 Å². The van der Waals surface area contributed by atoms with E-state index in [9.17, 15) is 9.90 Å². The largest absolute Gasteiger partial charge is 0.392 e. The first-order chi connectivity index (χ1) is 22.4. The molecule has 0 radical (unpaired) electrons. The molecule has 0 aliphatic carbocycles. The Morgan fingerprint density at radius 3 is 2.33 bits per heavy atom. The molecule has 2 N–H and O–H groups in total. The number of ether oxygens (including phenoxy) is 2. The Balaban J connectivity index is 1.24. The van der Waals surface area contributed by atoms with E-state index >= 15 is 0 Å². The van der Waals surface area contributed by atoms with Crippen molar-refractivity contribution >= 4 is 16.7 Å². The average molecular weight is 615 g/mol. The van der Waals surface area contributed by atoms with Crippen LogP contribution in [0.3, 0.4) is 0 Å². The van der Waals surface area contributed by atoms with E-state index < -0.39 is 6.29 Å². The van der Waals surface area contributed by atoms with Gasteiger partial charge in [0.25, 0.3) is 0 Å². The highest BCUT2D eigenvalue weighted by molar-refractivity contribution is 5.83. The first kappa shape index (κ1) is 31.6. The van der Waals surface area contributed by atoms with Crippen molar-refractivity contribution in [3.05, 3.63) is 143 Å². The van der Waals surface area contributed by atoms with Gasteiger partial charge in [0, 0.05) is 38.0 Å². The first-order valence-electron chi connectivity index (χ1n) is 16.0. The quantitative estimate of drug-likeness (QED) is 0.168. The fourth-order valence-corrected chi connectivity index (χ4v) is 6.19. The van der Waals surface area contributed by atoms with Crippen molar-refractivity contribution < 1.29 is 19.4 Å². The summed E-state index contributed by atoms with van der Waals surface area (Å²) >= 11 is 0. The lowest BCUT2D eigenvalue weighted by molar-refractivity contribution is -0.253. The molecule has 1 amide bonds. The molecule has 0 aromatic heterocycles. The third kappa shape index (κ3) is 7.54. The number of hydrogen-bond donors (Lipinski definition) is 2. The van der Waals surface area contributed by atoms with Crippen LogP contribution in [0.2, 0.25) is 0 Å².